The average molecular weight is 261 g/mol. The third-order valence-corrected chi connectivity index (χ3v) is 3.81. The van der Waals surface area contributed by atoms with Crippen LogP contribution in [-0.4, -0.2) is 34.6 Å². The van der Waals surface area contributed by atoms with Crippen molar-refractivity contribution >= 4 is 0 Å². The molecular formula is C16H27N3. The van der Waals surface area contributed by atoms with Crippen molar-refractivity contribution in [2.24, 2.45) is 5.92 Å². The van der Waals surface area contributed by atoms with Crippen LogP contribution < -0.4 is 5.32 Å². The van der Waals surface area contributed by atoms with Gasteiger partial charge in [0.05, 0.1) is 0 Å². The van der Waals surface area contributed by atoms with Crippen molar-refractivity contribution in [2.75, 3.05) is 13.1 Å². The van der Waals surface area contributed by atoms with Crippen LogP contribution >= 0.6 is 0 Å². The van der Waals surface area contributed by atoms with E-state index in [2.05, 4.69) is 55.0 Å². The molecule has 1 fully saturated rings. The number of piperazine rings is 1. The lowest BCUT2D eigenvalue weighted by molar-refractivity contribution is 0.0760. The molecule has 1 aliphatic heterocycles. The number of nitrogens with zero attached hydrogens (tertiary/aromatic N) is 2. The Morgan fingerprint density at radius 1 is 1.37 bits per heavy atom. The summed E-state index contributed by atoms with van der Waals surface area (Å²) in [6.45, 7) is 12.4. The Kier molecular flexibility index (Phi) is 4.58. The number of hydrogen-bond donors (Lipinski definition) is 1. The summed E-state index contributed by atoms with van der Waals surface area (Å²) in [5, 5.41) is 3.68. The highest BCUT2D eigenvalue weighted by Gasteiger charge is 2.32. The molecule has 1 atom stereocenters. The number of hydrogen-bond acceptors (Lipinski definition) is 3. The number of aromatic nitrogens is 1. The molecule has 0 spiro atoms. The van der Waals surface area contributed by atoms with Gasteiger partial charge in [0.1, 0.15) is 0 Å². The fourth-order valence-corrected chi connectivity index (χ4v) is 2.90. The third-order valence-electron chi connectivity index (χ3n) is 3.81. The molecule has 3 nitrogen and oxygen atoms in total. The summed E-state index contributed by atoms with van der Waals surface area (Å²) in [4.78, 5) is 6.73. The van der Waals surface area contributed by atoms with Crippen LogP contribution in [0, 0.1) is 5.92 Å². The van der Waals surface area contributed by atoms with Crippen molar-refractivity contribution in [2.45, 2.75) is 52.2 Å². The van der Waals surface area contributed by atoms with Gasteiger partial charge in [0.25, 0.3) is 0 Å². The fourth-order valence-electron chi connectivity index (χ4n) is 2.90. The van der Waals surface area contributed by atoms with Crippen molar-refractivity contribution in [3.8, 4) is 0 Å². The Morgan fingerprint density at radius 3 is 2.68 bits per heavy atom. The van der Waals surface area contributed by atoms with Crippen LogP contribution in [0.5, 0.6) is 0 Å². The second-order valence-electron chi connectivity index (χ2n) is 6.81. The molecule has 19 heavy (non-hydrogen) atoms. The van der Waals surface area contributed by atoms with Gasteiger partial charge in [-0.15, -0.1) is 0 Å². The largest absolute Gasteiger partial charge is 0.309 e. The second kappa shape index (κ2) is 6.02. The lowest BCUT2D eigenvalue weighted by Crippen LogP contribution is -2.61. The van der Waals surface area contributed by atoms with E-state index in [9.17, 15) is 0 Å². The zero-order chi connectivity index (χ0) is 13.9. The molecule has 1 unspecified atom stereocenters. The summed E-state index contributed by atoms with van der Waals surface area (Å²) >= 11 is 0. The Balaban J connectivity index is 2.07. The fraction of sp³-hybridized carbons (Fsp3) is 0.688. The van der Waals surface area contributed by atoms with E-state index < -0.39 is 0 Å². The van der Waals surface area contributed by atoms with E-state index in [0.29, 0.717) is 6.04 Å². The predicted octanol–water partition coefficient (Wildman–Crippen LogP) is 2.68. The van der Waals surface area contributed by atoms with Gasteiger partial charge in [-0.05, 0) is 43.9 Å². The van der Waals surface area contributed by atoms with Crippen molar-refractivity contribution in [3.63, 3.8) is 0 Å². The summed E-state index contributed by atoms with van der Waals surface area (Å²) in [6.07, 6.45) is 5.04. The van der Waals surface area contributed by atoms with Gasteiger partial charge in [-0.1, -0.05) is 13.8 Å². The Morgan fingerprint density at radius 2 is 2.05 bits per heavy atom. The van der Waals surface area contributed by atoms with Crippen LogP contribution in [0.2, 0.25) is 0 Å². The topological polar surface area (TPSA) is 28.2 Å². The van der Waals surface area contributed by atoms with E-state index in [4.69, 9.17) is 0 Å². The molecule has 1 saturated heterocycles. The van der Waals surface area contributed by atoms with Crippen LogP contribution in [0.15, 0.2) is 24.5 Å². The van der Waals surface area contributed by atoms with Crippen LogP contribution in [0.1, 0.15) is 39.7 Å². The van der Waals surface area contributed by atoms with E-state index >= 15 is 0 Å². The van der Waals surface area contributed by atoms with Gasteiger partial charge in [0.15, 0.2) is 0 Å². The molecule has 3 heteroatoms. The molecule has 1 N–H and O–H groups in total. The highest BCUT2D eigenvalue weighted by atomic mass is 15.2. The molecule has 0 radical (unpaired) electrons. The number of pyridine rings is 1. The standard InChI is InChI=1S/C16H27N3/c1-13(2)9-15-10-18-16(3,4)12-19(15)11-14-5-7-17-8-6-14/h5-8,13,15,18H,9-12H2,1-4H3. The minimum absolute atomic E-state index is 0.209. The minimum Gasteiger partial charge on any atom is -0.309 e. The first kappa shape index (κ1) is 14.5. The van der Waals surface area contributed by atoms with Crippen LogP contribution in [0.25, 0.3) is 0 Å². The van der Waals surface area contributed by atoms with Gasteiger partial charge in [0, 0.05) is 43.6 Å². The molecule has 0 saturated carbocycles. The highest BCUT2D eigenvalue weighted by molar-refractivity contribution is 5.10. The zero-order valence-electron chi connectivity index (χ0n) is 12.7. The summed E-state index contributed by atoms with van der Waals surface area (Å²) < 4.78 is 0. The second-order valence-corrected chi connectivity index (χ2v) is 6.81. The number of rotatable bonds is 4. The average Bonchev–Trinajstić information content (AvgIpc) is 2.33. The number of nitrogens with one attached hydrogen (secondary N) is 1. The molecule has 0 bridgehead atoms. The molecule has 106 valence electrons. The minimum atomic E-state index is 0.209. The molecule has 0 aromatic carbocycles. The van der Waals surface area contributed by atoms with E-state index in [1.54, 1.807) is 0 Å². The first-order chi connectivity index (χ1) is 8.96. The zero-order valence-corrected chi connectivity index (χ0v) is 12.7. The van der Waals surface area contributed by atoms with Gasteiger partial charge < -0.3 is 5.32 Å². The predicted molar refractivity (Wildman–Crippen MR) is 80.0 cm³/mol. The maximum Gasteiger partial charge on any atom is 0.0271 e. The van der Waals surface area contributed by atoms with E-state index in [-0.39, 0.29) is 5.54 Å². The Hall–Kier alpha value is -0.930. The third kappa shape index (κ3) is 4.29. The molecule has 1 aliphatic rings. The molecule has 0 amide bonds. The molecule has 1 aromatic heterocycles. The summed E-state index contributed by atoms with van der Waals surface area (Å²) in [5.41, 5.74) is 1.57. The normalized spacial score (nSPS) is 23.7. The molecule has 1 aromatic rings. The van der Waals surface area contributed by atoms with Crippen molar-refractivity contribution in [3.05, 3.63) is 30.1 Å². The van der Waals surface area contributed by atoms with Crippen LogP contribution in [-0.2, 0) is 6.54 Å². The summed E-state index contributed by atoms with van der Waals surface area (Å²) in [5.74, 6) is 0.743. The van der Waals surface area contributed by atoms with Crippen LogP contribution in [0.3, 0.4) is 0 Å². The van der Waals surface area contributed by atoms with E-state index in [1.807, 2.05) is 12.4 Å². The summed E-state index contributed by atoms with van der Waals surface area (Å²) in [6, 6.07) is 4.89. The van der Waals surface area contributed by atoms with Crippen LogP contribution in [0.4, 0.5) is 0 Å². The van der Waals surface area contributed by atoms with Gasteiger partial charge in [-0.2, -0.15) is 0 Å². The molecular weight excluding hydrogens is 234 g/mol. The highest BCUT2D eigenvalue weighted by Crippen LogP contribution is 2.22. The molecule has 2 heterocycles. The lowest BCUT2D eigenvalue weighted by Gasteiger charge is -2.45. The SMILES string of the molecule is CC(C)CC1CNC(C)(C)CN1Cc1ccncc1. The van der Waals surface area contributed by atoms with Gasteiger partial charge in [-0.3, -0.25) is 9.88 Å². The first-order valence-electron chi connectivity index (χ1n) is 7.34. The quantitative estimate of drug-likeness (QED) is 0.903. The van der Waals surface area contributed by atoms with Crippen molar-refractivity contribution in [1.29, 1.82) is 0 Å². The Bertz CT molecular complexity index is 386. The van der Waals surface area contributed by atoms with Gasteiger partial charge in [0.2, 0.25) is 0 Å². The lowest BCUT2D eigenvalue weighted by atomic mass is 9.93. The first-order valence-corrected chi connectivity index (χ1v) is 7.34. The van der Waals surface area contributed by atoms with Gasteiger partial charge >= 0.3 is 0 Å². The maximum atomic E-state index is 4.10. The molecule has 2 rings (SSSR count). The smallest absolute Gasteiger partial charge is 0.0271 e. The monoisotopic (exact) mass is 261 g/mol. The van der Waals surface area contributed by atoms with E-state index in [0.717, 1.165) is 25.6 Å². The Labute approximate surface area is 117 Å². The van der Waals surface area contributed by atoms with Crippen molar-refractivity contribution < 1.29 is 0 Å². The van der Waals surface area contributed by atoms with E-state index in [1.165, 1.54) is 12.0 Å². The van der Waals surface area contributed by atoms with Crippen molar-refractivity contribution in [1.82, 2.24) is 15.2 Å². The van der Waals surface area contributed by atoms with Gasteiger partial charge in [-0.25, -0.2) is 0 Å². The summed E-state index contributed by atoms with van der Waals surface area (Å²) in [7, 11) is 0. The molecule has 0 aliphatic carbocycles. The maximum absolute atomic E-state index is 4.10.